The Morgan fingerprint density at radius 2 is 1.86 bits per heavy atom. The summed E-state index contributed by atoms with van der Waals surface area (Å²) in [5.41, 5.74) is -1.12. The van der Waals surface area contributed by atoms with Gasteiger partial charge < -0.3 is 10.1 Å². The molecule has 1 rings (SSSR count). The summed E-state index contributed by atoms with van der Waals surface area (Å²) in [5, 5.41) is 2.51. The fraction of sp³-hybridized carbons (Fsp3) is 0.500. The summed E-state index contributed by atoms with van der Waals surface area (Å²) < 4.78 is 43.5. The third-order valence-electron chi connectivity index (χ3n) is 2.53. The molecule has 0 radical (unpaired) electrons. The molecule has 0 aliphatic carbocycles. The largest absolute Gasteiger partial charge is 0.444 e. The van der Waals surface area contributed by atoms with Gasteiger partial charge in [0.05, 0.1) is 11.6 Å². The first kappa shape index (κ1) is 17.8. The lowest BCUT2D eigenvalue weighted by atomic mass is 10.0. The van der Waals surface area contributed by atoms with Gasteiger partial charge in [0.1, 0.15) is 5.60 Å². The maximum absolute atomic E-state index is 12.8. The number of carbonyl (C=O) groups excluding carboxylic acids is 1. The van der Waals surface area contributed by atoms with Crippen LogP contribution in [-0.4, -0.2) is 11.7 Å². The lowest BCUT2D eigenvalue weighted by Crippen LogP contribution is -2.34. The van der Waals surface area contributed by atoms with Gasteiger partial charge in [-0.25, -0.2) is 4.79 Å². The number of ether oxygens (including phenoxy) is 1. The van der Waals surface area contributed by atoms with Crippen LogP contribution in [0.2, 0.25) is 0 Å². The molecule has 7 heteroatoms. The number of hydrogen-bond acceptors (Lipinski definition) is 2. The number of hydrogen-bond donors (Lipinski definition) is 1. The van der Waals surface area contributed by atoms with Crippen LogP contribution in [0.25, 0.3) is 0 Å². The van der Waals surface area contributed by atoms with Crippen molar-refractivity contribution in [3.8, 4) is 0 Å². The molecule has 118 valence electrons. The standard InChI is InChI=1S/C14H17BrF3NO2/c1-8(19-12(20)21-13(2,3)4)9-6-5-7-10(11(9)15)14(16,17)18/h5-8H,1-4H3,(H,19,20)/t8-/m1/s1. The summed E-state index contributed by atoms with van der Waals surface area (Å²) in [6, 6.07) is 3.17. The molecule has 1 amide bonds. The van der Waals surface area contributed by atoms with Crippen molar-refractivity contribution in [1.82, 2.24) is 5.32 Å². The minimum Gasteiger partial charge on any atom is -0.444 e. The van der Waals surface area contributed by atoms with Crippen molar-refractivity contribution >= 4 is 22.0 Å². The number of carbonyl (C=O) groups is 1. The summed E-state index contributed by atoms with van der Waals surface area (Å²) in [6.07, 6.45) is -5.14. The Balaban J connectivity index is 2.94. The minimum atomic E-state index is -4.46. The van der Waals surface area contributed by atoms with Gasteiger partial charge in [0, 0.05) is 4.47 Å². The zero-order chi connectivity index (χ0) is 16.4. The monoisotopic (exact) mass is 367 g/mol. The number of alkyl halides is 3. The molecule has 0 aromatic heterocycles. The molecule has 21 heavy (non-hydrogen) atoms. The molecular formula is C14H17BrF3NO2. The smallest absolute Gasteiger partial charge is 0.417 e. The Bertz CT molecular complexity index is 524. The molecule has 0 saturated carbocycles. The Labute approximate surface area is 130 Å². The van der Waals surface area contributed by atoms with Gasteiger partial charge in [-0.1, -0.05) is 12.1 Å². The first-order valence-corrected chi connectivity index (χ1v) is 7.06. The van der Waals surface area contributed by atoms with E-state index in [9.17, 15) is 18.0 Å². The summed E-state index contributed by atoms with van der Waals surface area (Å²) in [5.74, 6) is 0. The molecule has 1 aromatic carbocycles. The Morgan fingerprint density at radius 1 is 1.29 bits per heavy atom. The number of amides is 1. The molecular weight excluding hydrogens is 351 g/mol. The minimum absolute atomic E-state index is 0.0824. The van der Waals surface area contributed by atoms with Crippen LogP contribution in [0.5, 0.6) is 0 Å². The van der Waals surface area contributed by atoms with E-state index < -0.39 is 29.5 Å². The van der Waals surface area contributed by atoms with E-state index in [1.54, 1.807) is 27.7 Å². The van der Waals surface area contributed by atoms with Crippen LogP contribution in [0.4, 0.5) is 18.0 Å². The first-order valence-electron chi connectivity index (χ1n) is 6.27. The number of halogens is 4. The van der Waals surface area contributed by atoms with E-state index in [0.717, 1.165) is 6.07 Å². The van der Waals surface area contributed by atoms with E-state index in [-0.39, 0.29) is 4.47 Å². The molecule has 0 saturated heterocycles. The molecule has 1 aromatic rings. The Kier molecular flexibility index (Phi) is 5.30. The Morgan fingerprint density at radius 3 is 2.33 bits per heavy atom. The second kappa shape index (κ2) is 6.25. The highest BCUT2D eigenvalue weighted by atomic mass is 79.9. The fourth-order valence-electron chi connectivity index (χ4n) is 1.67. The zero-order valence-corrected chi connectivity index (χ0v) is 13.7. The van der Waals surface area contributed by atoms with Crippen LogP contribution in [0.15, 0.2) is 22.7 Å². The van der Waals surface area contributed by atoms with Crippen molar-refractivity contribution in [2.24, 2.45) is 0 Å². The van der Waals surface area contributed by atoms with Gasteiger partial charge in [0.15, 0.2) is 0 Å². The maximum Gasteiger partial charge on any atom is 0.417 e. The molecule has 0 unspecified atom stereocenters. The van der Waals surface area contributed by atoms with E-state index in [4.69, 9.17) is 4.74 Å². The van der Waals surface area contributed by atoms with Gasteiger partial charge in [0.25, 0.3) is 0 Å². The van der Waals surface area contributed by atoms with Gasteiger partial charge in [0.2, 0.25) is 0 Å². The average Bonchev–Trinajstić information content (AvgIpc) is 2.24. The number of alkyl carbamates (subject to hydrolysis) is 1. The quantitative estimate of drug-likeness (QED) is 0.793. The Hall–Kier alpha value is -1.24. The van der Waals surface area contributed by atoms with E-state index in [1.165, 1.54) is 12.1 Å². The van der Waals surface area contributed by atoms with Gasteiger partial charge in [-0.2, -0.15) is 13.2 Å². The van der Waals surface area contributed by atoms with E-state index >= 15 is 0 Å². The lowest BCUT2D eigenvalue weighted by molar-refractivity contribution is -0.138. The zero-order valence-electron chi connectivity index (χ0n) is 12.1. The van der Waals surface area contributed by atoms with Crippen molar-refractivity contribution in [1.29, 1.82) is 0 Å². The van der Waals surface area contributed by atoms with Crippen molar-refractivity contribution in [2.45, 2.75) is 45.5 Å². The molecule has 1 N–H and O–H groups in total. The van der Waals surface area contributed by atoms with Gasteiger partial charge in [-0.05, 0) is 55.3 Å². The van der Waals surface area contributed by atoms with Crippen LogP contribution in [0, 0.1) is 0 Å². The molecule has 0 bridgehead atoms. The molecule has 0 heterocycles. The molecule has 1 atom stereocenters. The lowest BCUT2D eigenvalue weighted by Gasteiger charge is -2.23. The van der Waals surface area contributed by atoms with E-state index in [2.05, 4.69) is 21.2 Å². The maximum atomic E-state index is 12.8. The van der Waals surface area contributed by atoms with E-state index in [1.807, 2.05) is 0 Å². The van der Waals surface area contributed by atoms with Crippen molar-refractivity contribution < 1.29 is 22.7 Å². The van der Waals surface area contributed by atoms with Gasteiger partial charge in [-0.3, -0.25) is 0 Å². The SMILES string of the molecule is C[C@@H](NC(=O)OC(C)(C)C)c1cccc(C(F)(F)F)c1Br. The van der Waals surface area contributed by atoms with E-state index in [0.29, 0.717) is 5.56 Å². The number of benzene rings is 1. The highest BCUT2D eigenvalue weighted by Crippen LogP contribution is 2.38. The third-order valence-corrected chi connectivity index (χ3v) is 3.42. The van der Waals surface area contributed by atoms with Crippen molar-refractivity contribution in [3.63, 3.8) is 0 Å². The normalized spacial score (nSPS) is 13.7. The summed E-state index contributed by atoms with van der Waals surface area (Å²) >= 11 is 2.96. The second-order valence-electron chi connectivity index (χ2n) is 5.57. The average molecular weight is 368 g/mol. The van der Waals surface area contributed by atoms with Crippen molar-refractivity contribution in [2.75, 3.05) is 0 Å². The van der Waals surface area contributed by atoms with Gasteiger partial charge in [-0.15, -0.1) is 0 Å². The molecule has 0 aliphatic heterocycles. The molecule has 3 nitrogen and oxygen atoms in total. The number of rotatable bonds is 2. The number of nitrogens with one attached hydrogen (secondary N) is 1. The third kappa shape index (κ3) is 5.22. The van der Waals surface area contributed by atoms with Crippen LogP contribution in [0.1, 0.15) is 44.9 Å². The molecule has 0 aliphatic rings. The van der Waals surface area contributed by atoms with Crippen LogP contribution >= 0.6 is 15.9 Å². The topological polar surface area (TPSA) is 38.3 Å². The fourth-order valence-corrected chi connectivity index (χ4v) is 2.50. The summed E-state index contributed by atoms with van der Waals surface area (Å²) in [7, 11) is 0. The highest BCUT2D eigenvalue weighted by Gasteiger charge is 2.34. The highest BCUT2D eigenvalue weighted by molar-refractivity contribution is 9.10. The van der Waals surface area contributed by atoms with Crippen LogP contribution in [-0.2, 0) is 10.9 Å². The van der Waals surface area contributed by atoms with Crippen molar-refractivity contribution in [3.05, 3.63) is 33.8 Å². The van der Waals surface area contributed by atoms with Crippen LogP contribution in [0.3, 0.4) is 0 Å². The van der Waals surface area contributed by atoms with Gasteiger partial charge >= 0.3 is 12.3 Å². The summed E-state index contributed by atoms with van der Waals surface area (Å²) in [4.78, 5) is 11.7. The predicted molar refractivity (Wildman–Crippen MR) is 76.9 cm³/mol. The predicted octanol–water partition coefficient (Wildman–Crippen LogP) is 5.05. The first-order chi connectivity index (χ1) is 9.42. The molecule has 0 fully saturated rings. The molecule has 0 spiro atoms. The van der Waals surface area contributed by atoms with Crippen LogP contribution < -0.4 is 5.32 Å². The summed E-state index contributed by atoms with van der Waals surface area (Å²) in [6.45, 7) is 6.70. The second-order valence-corrected chi connectivity index (χ2v) is 6.37.